The smallest absolute Gasteiger partial charge is 0.335 e. The summed E-state index contributed by atoms with van der Waals surface area (Å²) in [5.41, 5.74) is 7.74. The van der Waals surface area contributed by atoms with Crippen LogP contribution in [0.15, 0.2) is 34.9 Å². The molecule has 2 aromatic rings. The third-order valence-corrected chi connectivity index (χ3v) is 18.1. The van der Waals surface area contributed by atoms with Crippen LogP contribution in [-0.2, 0) is 14.2 Å². The van der Waals surface area contributed by atoms with Crippen LogP contribution in [-0.4, -0.2) is 121 Å². The van der Waals surface area contributed by atoms with Crippen LogP contribution in [0.3, 0.4) is 0 Å². The Labute approximate surface area is 371 Å². The monoisotopic (exact) mass is 886 g/mol. The maximum absolute atomic E-state index is 13.0. The number of carbonyl (C=O) groups excluding carboxylic acids is 1. The summed E-state index contributed by atoms with van der Waals surface area (Å²) in [6, 6.07) is 2.56. The maximum Gasteiger partial charge on any atom is 0.335 e. The second-order valence-corrected chi connectivity index (χ2v) is 21.0. The molecule has 9 aliphatic rings. The first-order chi connectivity index (χ1) is 30.7. The summed E-state index contributed by atoms with van der Waals surface area (Å²) in [5, 5.41) is 80.1. The van der Waals surface area contributed by atoms with Crippen LogP contribution in [0.1, 0.15) is 123 Å². The van der Waals surface area contributed by atoms with E-state index in [2.05, 4.69) is 16.9 Å². The second-order valence-electron chi connectivity index (χ2n) is 21.0. The van der Waals surface area contributed by atoms with Crippen molar-refractivity contribution in [2.24, 2.45) is 28.6 Å². The quantitative estimate of drug-likeness (QED) is 0.130. The zero-order valence-electron chi connectivity index (χ0n) is 36.7. The third kappa shape index (κ3) is 5.65. The molecule has 0 radical (unpaired) electrons. The Morgan fingerprint density at radius 3 is 2.55 bits per heavy atom. The van der Waals surface area contributed by atoms with Crippen molar-refractivity contribution in [2.75, 3.05) is 26.4 Å². The molecule has 4 aliphatic heterocycles. The van der Waals surface area contributed by atoms with Crippen molar-refractivity contribution in [3.8, 4) is 17.2 Å². The van der Waals surface area contributed by atoms with Crippen LogP contribution < -0.4 is 15.6 Å². The molecule has 0 unspecified atom stereocenters. The zero-order valence-corrected chi connectivity index (χ0v) is 36.7. The number of hydrogen-bond acceptors (Lipinski definition) is 14. The van der Waals surface area contributed by atoms with Gasteiger partial charge in [0.05, 0.1) is 35.3 Å². The van der Waals surface area contributed by atoms with Crippen molar-refractivity contribution >= 4 is 22.5 Å². The van der Waals surface area contributed by atoms with Gasteiger partial charge in [-0.1, -0.05) is 31.8 Å². The van der Waals surface area contributed by atoms with Crippen molar-refractivity contribution < 1.29 is 64.3 Å². The number of carbonyl (C=O) groups is 2. The lowest BCUT2D eigenvalue weighted by molar-refractivity contribution is -0.346. The fraction of sp³-hybridized carbons (Fsp3) is 0.673. The number of aliphatic hydroxyl groups excluding tert-OH is 4. The van der Waals surface area contributed by atoms with Gasteiger partial charge in [-0.2, -0.15) is 0 Å². The Balaban J connectivity index is 1.06. The van der Waals surface area contributed by atoms with Gasteiger partial charge in [0, 0.05) is 47.1 Å². The van der Waals surface area contributed by atoms with E-state index in [0.717, 1.165) is 69.9 Å². The number of aliphatic hydroxyl groups is 4. The van der Waals surface area contributed by atoms with Gasteiger partial charge in [0.25, 0.3) is 0 Å². The van der Waals surface area contributed by atoms with E-state index in [4.69, 9.17) is 18.9 Å². The van der Waals surface area contributed by atoms with Gasteiger partial charge in [-0.05, 0) is 124 Å². The van der Waals surface area contributed by atoms with Gasteiger partial charge in [-0.15, -0.1) is 0 Å². The van der Waals surface area contributed by atoms with Crippen molar-refractivity contribution in [3.05, 3.63) is 51.6 Å². The molecule has 4 saturated carbocycles. The van der Waals surface area contributed by atoms with Gasteiger partial charge in [0.2, 0.25) is 6.29 Å². The predicted octanol–water partition coefficient (Wildman–Crippen LogP) is 4.60. The Morgan fingerprint density at radius 1 is 1.02 bits per heavy atom. The number of aromatic hydroxyl groups is 2. The first-order valence-corrected chi connectivity index (χ1v) is 23.6. The molecule has 5 aliphatic carbocycles. The first kappa shape index (κ1) is 43.0. The molecule has 0 aromatic heterocycles. The maximum atomic E-state index is 13.0. The summed E-state index contributed by atoms with van der Waals surface area (Å²) in [5.74, 6) is -3.14. The summed E-state index contributed by atoms with van der Waals surface area (Å²) < 4.78 is 27.3. The normalized spacial score (nSPS) is 40.4. The summed E-state index contributed by atoms with van der Waals surface area (Å²) in [6.45, 7) is 3.30. The number of hydrogen-bond donors (Lipinski definition) is 9. The van der Waals surface area contributed by atoms with Crippen molar-refractivity contribution in [2.45, 2.75) is 151 Å². The lowest BCUT2D eigenvalue weighted by atomic mass is 9.39. The lowest BCUT2D eigenvalue weighted by Gasteiger charge is -2.72. The van der Waals surface area contributed by atoms with E-state index in [1.165, 1.54) is 30.6 Å². The number of rotatable bonds is 8. The Kier molecular flexibility index (Phi) is 10.0. The van der Waals surface area contributed by atoms with Gasteiger partial charge in [-0.3, -0.25) is 15.6 Å². The summed E-state index contributed by atoms with van der Waals surface area (Å²) in [6.07, 6.45) is 7.50. The predicted molar refractivity (Wildman–Crippen MR) is 230 cm³/mol. The highest BCUT2D eigenvalue weighted by molar-refractivity contribution is 6.11. The average molecular weight is 887 g/mol. The fourth-order valence-electron chi connectivity index (χ4n) is 15.8. The number of ether oxygens (including phenoxy) is 4. The van der Waals surface area contributed by atoms with Crippen molar-refractivity contribution in [1.82, 2.24) is 10.9 Å². The molecule has 64 heavy (non-hydrogen) atoms. The highest BCUT2D eigenvalue weighted by Gasteiger charge is 2.75. The minimum Gasteiger partial charge on any atom is -0.507 e. The first-order valence-electron chi connectivity index (χ1n) is 23.6. The highest BCUT2D eigenvalue weighted by Crippen LogP contribution is 2.74. The number of carboxylic acids is 1. The topological polar surface area (TPSA) is 237 Å². The number of fused-ring (bicyclic) bond motifs is 3. The SMILES string of the molecule is CC(=O)c1c(C)c(O)c2cc(C(=O)O)cc(O[C@@H]3O[C@H](CO)[C@]4(C[C@@H]5C6=C(CC=C6[C@]6(CCCO)COC[C@@H]7C[C@@]89CCC[C@H]8NN[C@]5(C9)[C@@H]76)C5(CCCCC5)O4)[C@H](O)[C@H]3O)c2c1O. The van der Waals surface area contributed by atoms with Crippen LogP contribution in [0.4, 0.5) is 0 Å². The molecule has 9 N–H and O–H groups in total. The van der Waals surface area contributed by atoms with E-state index in [0.29, 0.717) is 44.9 Å². The van der Waals surface area contributed by atoms with Crippen LogP contribution >= 0.6 is 0 Å². The highest BCUT2D eigenvalue weighted by atomic mass is 16.7. The van der Waals surface area contributed by atoms with Crippen LogP contribution in [0.2, 0.25) is 0 Å². The number of ketones is 1. The summed E-state index contributed by atoms with van der Waals surface area (Å²) >= 11 is 0. The van der Waals surface area contributed by atoms with E-state index >= 15 is 0 Å². The van der Waals surface area contributed by atoms with Gasteiger partial charge in [0.1, 0.15) is 41.2 Å². The number of aromatic carboxylic acids is 1. The summed E-state index contributed by atoms with van der Waals surface area (Å²) in [7, 11) is 0. The third-order valence-electron chi connectivity index (χ3n) is 18.1. The number of hydrazine groups is 1. The molecule has 15 heteroatoms. The van der Waals surface area contributed by atoms with Gasteiger partial charge in [-0.25, -0.2) is 4.79 Å². The van der Waals surface area contributed by atoms with E-state index in [1.54, 1.807) is 0 Å². The Hall–Kier alpha value is -3.64. The van der Waals surface area contributed by atoms with Crippen molar-refractivity contribution in [1.29, 1.82) is 0 Å². The summed E-state index contributed by atoms with van der Waals surface area (Å²) in [4.78, 5) is 25.2. The molecule has 15 nitrogen and oxygen atoms in total. The van der Waals surface area contributed by atoms with E-state index in [1.807, 2.05) is 0 Å². The largest absolute Gasteiger partial charge is 0.507 e. The molecular weight excluding hydrogens is 825 g/mol. The molecule has 4 spiro atoms. The number of nitrogens with one attached hydrogen (secondary N) is 2. The van der Waals surface area contributed by atoms with Gasteiger partial charge >= 0.3 is 5.97 Å². The average Bonchev–Trinajstić information content (AvgIpc) is 3.88. The molecule has 3 saturated heterocycles. The number of phenolic OH excluding ortho intramolecular Hbond substituents is 2. The second kappa shape index (κ2) is 14.9. The van der Waals surface area contributed by atoms with Crippen LogP contribution in [0.25, 0.3) is 10.8 Å². The van der Waals surface area contributed by atoms with E-state index in [9.17, 15) is 45.3 Å². The molecule has 11 rings (SSSR count). The van der Waals surface area contributed by atoms with Crippen molar-refractivity contribution in [3.63, 3.8) is 0 Å². The molecular formula is C49H62N2O13. The Bertz CT molecular complexity index is 2370. The fourth-order valence-corrected chi connectivity index (χ4v) is 15.8. The minimum atomic E-state index is -1.82. The zero-order chi connectivity index (χ0) is 44.7. The number of phenols is 2. The molecule has 7 fully saturated rings. The molecule has 12 atom stereocenters. The number of allylic oxidation sites excluding steroid dienone is 1. The number of carboxylic acid groups (broad SMARTS) is 1. The lowest BCUT2D eigenvalue weighted by Crippen LogP contribution is -2.81. The van der Waals surface area contributed by atoms with Crippen LogP contribution in [0, 0.1) is 35.5 Å². The van der Waals surface area contributed by atoms with Crippen LogP contribution in [0.5, 0.6) is 17.2 Å². The minimum absolute atomic E-state index is 0.0177. The van der Waals surface area contributed by atoms with E-state index in [-0.39, 0.29) is 74.8 Å². The molecule has 2 aromatic carbocycles. The van der Waals surface area contributed by atoms with Gasteiger partial charge in [0.15, 0.2) is 5.78 Å². The van der Waals surface area contributed by atoms with E-state index < -0.39 is 71.2 Å². The van der Waals surface area contributed by atoms with Gasteiger partial charge < -0.3 is 54.7 Å². The molecule has 4 heterocycles. The Morgan fingerprint density at radius 2 is 1.81 bits per heavy atom. The molecule has 346 valence electrons. The molecule has 0 amide bonds. The number of benzene rings is 2. The molecule has 2 bridgehead atoms. The standard InChI is InChI=1S/C49H62N2O13/c1-24-35(25(2)54)39(56)36-28(38(24)55)16-26(43(59)60)17-32(36)62-44-40(57)42(58)49(34(20-53)63-44)19-31-37-29(9-10-30(37)47(64-49)13-4-3-5-14-47)46(12-7-15-52)23-61-21-27-18-45-11-6-8-33(45)50-51-48(31,22-45)41(27)46/h9,16-17,27,31,33-34,40-42,44,50-53,55-58H,3-8,10-15,18-23H2,1-2H3,(H,59,60)/t27-,31+,33+,34+,40+,41-,42+,44+,45+,46-,48-,49+/m0/s1. The number of Topliss-reactive ketones (excluding diaryl/α,β-unsaturated/α-hetero) is 1.